The lowest BCUT2D eigenvalue weighted by atomic mass is 9.86. The summed E-state index contributed by atoms with van der Waals surface area (Å²) in [7, 11) is 5.95. The third kappa shape index (κ3) is 5.02. The van der Waals surface area contributed by atoms with Gasteiger partial charge in [-0.2, -0.15) is 9.97 Å². The van der Waals surface area contributed by atoms with Crippen molar-refractivity contribution >= 4 is 23.6 Å². The summed E-state index contributed by atoms with van der Waals surface area (Å²) < 4.78 is 0. The fourth-order valence-corrected chi connectivity index (χ4v) is 4.26. The van der Waals surface area contributed by atoms with Crippen molar-refractivity contribution in [1.29, 1.82) is 0 Å². The lowest BCUT2D eigenvalue weighted by molar-refractivity contribution is -0.137. The van der Waals surface area contributed by atoms with Gasteiger partial charge in [0.2, 0.25) is 5.95 Å². The number of piperazine rings is 1. The molecule has 3 rings (SSSR count). The highest BCUT2D eigenvalue weighted by atomic mass is 16.4. The molecule has 2 atom stereocenters. The van der Waals surface area contributed by atoms with E-state index in [9.17, 15) is 9.90 Å². The Balaban J connectivity index is 1.75. The molecule has 0 saturated carbocycles. The zero-order chi connectivity index (χ0) is 20.3. The van der Waals surface area contributed by atoms with Crippen molar-refractivity contribution in [3.63, 3.8) is 0 Å². The van der Waals surface area contributed by atoms with E-state index >= 15 is 0 Å². The molecular weight excluding hydrogens is 358 g/mol. The van der Waals surface area contributed by atoms with Crippen LogP contribution in [0.1, 0.15) is 19.3 Å². The molecule has 0 aliphatic carbocycles. The maximum absolute atomic E-state index is 11.2. The SMILES string of the molecule is CN1CCN([C@H]2CCN(c3cc(N)nc(N(C)C)n3)C[C@H]2CCC(=O)O)CC1. The fraction of sp³-hybridized carbons (Fsp3) is 0.737. The second-order valence-corrected chi connectivity index (χ2v) is 8.18. The second-order valence-electron chi connectivity index (χ2n) is 8.18. The van der Waals surface area contributed by atoms with Crippen LogP contribution in [0.15, 0.2) is 6.07 Å². The smallest absolute Gasteiger partial charge is 0.303 e. The largest absolute Gasteiger partial charge is 0.481 e. The monoisotopic (exact) mass is 391 g/mol. The number of piperidine rings is 1. The van der Waals surface area contributed by atoms with Crippen molar-refractivity contribution in [1.82, 2.24) is 19.8 Å². The minimum atomic E-state index is -0.726. The van der Waals surface area contributed by atoms with Crippen molar-refractivity contribution in [3.8, 4) is 0 Å². The number of nitrogens with zero attached hydrogens (tertiary/aromatic N) is 6. The minimum absolute atomic E-state index is 0.206. The Labute approximate surface area is 167 Å². The Morgan fingerprint density at radius 1 is 1.25 bits per heavy atom. The molecule has 3 heterocycles. The van der Waals surface area contributed by atoms with Crippen LogP contribution in [0, 0.1) is 5.92 Å². The molecule has 28 heavy (non-hydrogen) atoms. The maximum atomic E-state index is 11.2. The number of carbonyl (C=O) groups is 1. The molecule has 0 bridgehead atoms. The fourth-order valence-electron chi connectivity index (χ4n) is 4.26. The van der Waals surface area contributed by atoms with Crippen molar-refractivity contribution in [3.05, 3.63) is 6.07 Å². The van der Waals surface area contributed by atoms with Crippen LogP contribution >= 0.6 is 0 Å². The minimum Gasteiger partial charge on any atom is -0.481 e. The van der Waals surface area contributed by atoms with Gasteiger partial charge in [0.05, 0.1) is 0 Å². The Hall–Kier alpha value is -2.13. The van der Waals surface area contributed by atoms with Gasteiger partial charge in [-0.05, 0) is 25.8 Å². The Kier molecular flexibility index (Phi) is 6.56. The molecule has 0 unspecified atom stereocenters. The highest BCUT2D eigenvalue weighted by Crippen LogP contribution is 2.30. The van der Waals surface area contributed by atoms with Gasteiger partial charge in [0, 0.05) is 71.9 Å². The zero-order valence-electron chi connectivity index (χ0n) is 17.2. The van der Waals surface area contributed by atoms with Crippen molar-refractivity contribution in [2.75, 3.05) is 75.9 Å². The summed E-state index contributed by atoms with van der Waals surface area (Å²) in [5.74, 6) is 1.45. The van der Waals surface area contributed by atoms with E-state index in [1.54, 1.807) is 0 Å². The number of aromatic nitrogens is 2. The number of carboxylic acids is 1. The zero-order valence-corrected chi connectivity index (χ0v) is 17.2. The summed E-state index contributed by atoms with van der Waals surface area (Å²) in [6.07, 6.45) is 1.90. The first kappa shape index (κ1) is 20.6. The Morgan fingerprint density at radius 2 is 1.96 bits per heavy atom. The van der Waals surface area contributed by atoms with E-state index in [1.165, 1.54) is 0 Å². The molecule has 9 nitrogen and oxygen atoms in total. The van der Waals surface area contributed by atoms with Gasteiger partial charge in [-0.1, -0.05) is 0 Å². The molecule has 2 aliphatic heterocycles. The predicted octanol–water partition coefficient (Wildman–Crippen LogP) is 0.432. The average Bonchev–Trinajstić information content (AvgIpc) is 2.66. The summed E-state index contributed by atoms with van der Waals surface area (Å²) in [5.41, 5.74) is 6.00. The number of aliphatic carboxylic acids is 1. The number of anilines is 3. The third-order valence-electron chi connectivity index (χ3n) is 5.87. The van der Waals surface area contributed by atoms with E-state index < -0.39 is 5.97 Å². The highest BCUT2D eigenvalue weighted by molar-refractivity contribution is 5.66. The Bertz CT molecular complexity index is 676. The van der Waals surface area contributed by atoms with Gasteiger partial charge in [0.1, 0.15) is 11.6 Å². The number of nitrogens with two attached hydrogens (primary N) is 1. The number of hydrogen-bond acceptors (Lipinski definition) is 8. The van der Waals surface area contributed by atoms with Gasteiger partial charge in [-0.25, -0.2) is 0 Å². The van der Waals surface area contributed by atoms with E-state index in [-0.39, 0.29) is 6.42 Å². The van der Waals surface area contributed by atoms with E-state index in [4.69, 9.17) is 5.73 Å². The lowest BCUT2D eigenvalue weighted by Crippen LogP contribution is -2.56. The van der Waals surface area contributed by atoms with Crippen LogP contribution in [0.5, 0.6) is 0 Å². The molecule has 3 N–H and O–H groups in total. The summed E-state index contributed by atoms with van der Waals surface area (Å²) >= 11 is 0. The van der Waals surface area contributed by atoms with Crippen molar-refractivity contribution in [2.45, 2.75) is 25.3 Å². The van der Waals surface area contributed by atoms with Crippen LogP contribution in [-0.2, 0) is 4.79 Å². The quantitative estimate of drug-likeness (QED) is 0.715. The van der Waals surface area contributed by atoms with Crippen LogP contribution in [0.2, 0.25) is 0 Å². The lowest BCUT2D eigenvalue weighted by Gasteiger charge is -2.46. The first-order valence-electron chi connectivity index (χ1n) is 10.0. The second kappa shape index (κ2) is 8.91. The molecule has 1 aromatic rings. The number of hydrogen-bond donors (Lipinski definition) is 2. The van der Waals surface area contributed by atoms with E-state index in [0.717, 1.165) is 51.5 Å². The van der Waals surface area contributed by atoms with Gasteiger partial charge in [0.25, 0.3) is 0 Å². The number of carboxylic acid groups (broad SMARTS) is 1. The first-order valence-corrected chi connectivity index (χ1v) is 10.0. The molecule has 0 spiro atoms. The molecule has 0 amide bonds. The predicted molar refractivity (Wildman–Crippen MR) is 111 cm³/mol. The van der Waals surface area contributed by atoms with Crippen LogP contribution in [0.25, 0.3) is 0 Å². The highest BCUT2D eigenvalue weighted by Gasteiger charge is 2.35. The molecular formula is C19H33N7O2. The standard InChI is InChI=1S/C19H33N7O2/c1-23(2)19-21-16(20)12-17(22-19)26-7-6-15(14(13-26)4-5-18(27)28)25-10-8-24(3)9-11-25/h12,14-15H,4-11,13H2,1-3H3,(H,27,28)(H2,20,21,22)/t14-,15+/m1/s1. The number of likely N-dealkylation sites (N-methyl/N-ethyl adjacent to an activating group) is 1. The van der Waals surface area contributed by atoms with Gasteiger partial charge in [-0.3, -0.25) is 9.69 Å². The van der Waals surface area contributed by atoms with Gasteiger partial charge in [0.15, 0.2) is 0 Å². The van der Waals surface area contributed by atoms with Gasteiger partial charge in [-0.15, -0.1) is 0 Å². The molecule has 0 aromatic carbocycles. The van der Waals surface area contributed by atoms with Gasteiger partial charge >= 0.3 is 5.97 Å². The summed E-state index contributed by atoms with van der Waals surface area (Å²) in [6.45, 7) is 5.93. The summed E-state index contributed by atoms with van der Waals surface area (Å²) in [4.78, 5) is 29.1. The van der Waals surface area contributed by atoms with Crippen LogP contribution in [0.3, 0.4) is 0 Å². The molecule has 156 valence electrons. The average molecular weight is 392 g/mol. The molecule has 9 heteroatoms. The van der Waals surface area contributed by atoms with Crippen molar-refractivity contribution < 1.29 is 9.90 Å². The summed E-state index contributed by atoms with van der Waals surface area (Å²) in [6, 6.07) is 2.24. The topological polar surface area (TPSA) is 102 Å². The third-order valence-corrected chi connectivity index (χ3v) is 5.87. The van der Waals surface area contributed by atoms with Gasteiger partial charge < -0.3 is 25.5 Å². The van der Waals surface area contributed by atoms with Crippen LogP contribution < -0.4 is 15.5 Å². The first-order chi connectivity index (χ1) is 13.3. The van der Waals surface area contributed by atoms with E-state index in [2.05, 4.69) is 31.7 Å². The Morgan fingerprint density at radius 3 is 2.61 bits per heavy atom. The van der Waals surface area contributed by atoms with Crippen LogP contribution in [0.4, 0.5) is 17.6 Å². The van der Waals surface area contributed by atoms with Crippen molar-refractivity contribution in [2.24, 2.45) is 5.92 Å². The molecule has 2 aliphatic rings. The summed E-state index contributed by atoms with van der Waals surface area (Å²) in [5, 5.41) is 9.22. The molecule has 1 aromatic heterocycles. The molecule has 2 saturated heterocycles. The molecule has 0 radical (unpaired) electrons. The number of rotatable bonds is 6. The molecule has 2 fully saturated rings. The normalized spacial score (nSPS) is 24.3. The maximum Gasteiger partial charge on any atom is 0.303 e. The van der Waals surface area contributed by atoms with Crippen LogP contribution in [-0.4, -0.2) is 97.3 Å². The number of nitrogen functional groups attached to an aromatic ring is 1. The van der Waals surface area contributed by atoms with E-state index in [1.807, 2.05) is 25.1 Å². The van der Waals surface area contributed by atoms with E-state index in [0.29, 0.717) is 30.1 Å².